The van der Waals surface area contributed by atoms with Gasteiger partial charge in [-0.3, -0.25) is 11.3 Å². The largest absolute Gasteiger partial charge is 0.329 e. The molecule has 4 nitrogen and oxygen atoms in total. The SMILES string of the molecule is Cc1ccc(C(Cn2cnc3ccccc32)NN)cc1F. The molecule has 108 valence electrons. The topological polar surface area (TPSA) is 55.9 Å². The molecule has 0 aliphatic rings. The maximum Gasteiger partial charge on any atom is 0.126 e. The summed E-state index contributed by atoms with van der Waals surface area (Å²) in [6.45, 7) is 2.33. The molecule has 21 heavy (non-hydrogen) atoms. The molecule has 0 saturated heterocycles. The minimum atomic E-state index is -0.219. The van der Waals surface area contributed by atoms with Gasteiger partial charge < -0.3 is 4.57 Å². The molecule has 0 fully saturated rings. The summed E-state index contributed by atoms with van der Waals surface area (Å²) in [5.41, 5.74) is 6.16. The van der Waals surface area contributed by atoms with Crippen LogP contribution in [0.2, 0.25) is 0 Å². The molecule has 3 N–H and O–H groups in total. The lowest BCUT2D eigenvalue weighted by molar-refractivity contribution is 0.478. The lowest BCUT2D eigenvalue weighted by atomic mass is 10.0. The number of para-hydroxylation sites is 2. The predicted molar refractivity (Wildman–Crippen MR) is 80.9 cm³/mol. The highest BCUT2D eigenvalue weighted by atomic mass is 19.1. The van der Waals surface area contributed by atoms with Crippen molar-refractivity contribution in [1.82, 2.24) is 15.0 Å². The number of halogens is 1. The summed E-state index contributed by atoms with van der Waals surface area (Å²) in [6.07, 6.45) is 1.78. The van der Waals surface area contributed by atoms with Gasteiger partial charge in [-0.25, -0.2) is 9.37 Å². The molecule has 0 spiro atoms. The molecular weight excluding hydrogens is 267 g/mol. The molecule has 1 aromatic heterocycles. The number of nitrogens with one attached hydrogen (secondary N) is 1. The summed E-state index contributed by atoms with van der Waals surface area (Å²) in [4.78, 5) is 4.35. The lowest BCUT2D eigenvalue weighted by Gasteiger charge is -2.18. The van der Waals surface area contributed by atoms with E-state index in [0.29, 0.717) is 12.1 Å². The van der Waals surface area contributed by atoms with E-state index in [1.165, 1.54) is 6.07 Å². The number of hydrogen-bond acceptors (Lipinski definition) is 3. The number of nitrogens with two attached hydrogens (primary N) is 1. The molecule has 2 aromatic carbocycles. The van der Waals surface area contributed by atoms with Crippen molar-refractivity contribution in [3.05, 3.63) is 65.7 Å². The molecule has 3 aromatic rings. The van der Waals surface area contributed by atoms with Crippen LogP contribution in [0.5, 0.6) is 0 Å². The van der Waals surface area contributed by atoms with E-state index in [2.05, 4.69) is 10.4 Å². The number of rotatable bonds is 4. The van der Waals surface area contributed by atoms with E-state index in [4.69, 9.17) is 5.84 Å². The Morgan fingerprint density at radius 1 is 1.29 bits per heavy atom. The smallest absolute Gasteiger partial charge is 0.126 e. The zero-order chi connectivity index (χ0) is 14.8. The van der Waals surface area contributed by atoms with Crippen LogP contribution < -0.4 is 11.3 Å². The maximum atomic E-state index is 13.7. The highest BCUT2D eigenvalue weighted by Crippen LogP contribution is 2.20. The number of nitrogens with zero attached hydrogens (tertiary/aromatic N) is 2. The Kier molecular flexibility index (Phi) is 3.68. The Morgan fingerprint density at radius 2 is 2.10 bits per heavy atom. The van der Waals surface area contributed by atoms with Gasteiger partial charge in [0.2, 0.25) is 0 Å². The number of benzene rings is 2. The standard InChI is InChI=1S/C16H17FN4/c1-11-6-7-12(8-13(11)17)15(20-18)9-21-10-19-14-4-2-3-5-16(14)21/h2-8,10,15,20H,9,18H2,1H3. The van der Waals surface area contributed by atoms with Crippen molar-refractivity contribution in [1.29, 1.82) is 0 Å². The van der Waals surface area contributed by atoms with Crippen LogP contribution >= 0.6 is 0 Å². The normalized spacial score (nSPS) is 12.7. The van der Waals surface area contributed by atoms with Gasteiger partial charge in [0.25, 0.3) is 0 Å². The molecule has 0 amide bonds. The van der Waals surface area contributed by atoms with Gasteiger partial charge in [0, 0.05) is 6.54 Å². The summed E-state index contributed by atoms with van der Waals surface area (Å²) in [5, 5.41) is 0. The van der Waals surface area contributed by atoms with E-state index in [1.807, 2.05) is 34.9 Å². The highest BCUT2D eigenvalue weighted by Gasteiger charge is 2.13. The fourth-order valence-electron chi connectivity index (χ4n) is 2.43. The van der Waals surface area contributed by atoms with Gasteiger partial charge in [-0.1, -0.05) is 24.3 Å². The number of aromatic nitrogens is 2. The Balaban J connectivity index is 1.92. The molecule has 0 saturated carbocycles. The van der Waals surface area contributed by atoms with Gasteiger partial charge in [0.05, 0.1) is 23.4 Å². The van der Waals surface area contributed by atoms with Crippen molar-refractivity contribution < 1.29 is 4.39 Å². The molecule has 1 unspecified atom stereocenters. The Bertz CT molecular complexity index is 766. The summed E-state index contributed by atoms with van der Waals surface area (Å²) in [7, 11) is 0. The maximum absolute atomic E-state index is 13.7. The van der Waals surface area contributed by atoms with E-state index >= 15 is 0 Å². The third kappa shape index (κ3) is 2.66. The van der Waals surface area contributed by atoms with Crippen LogP contribution in [-0.4, -0.2) is 9.55 Å². The Hall–Kier alpha value is -2.24. The van der Waals surface area contributed by atoms with Crippen LogP contribution in [0.1, 0.15) is 17.2 Å². The van der Waals surface area contributed by atoms with Crippen molar-refractivity contribution in [2.75, 3.05) is 0 Å². The van der Waals surface area contributed by atoms with Crippen molar-refractivity contribution in [2.24, 2.45) is 5.84 Å². The van der Waals surface area contributed by atoms with Gasteiger partial charge in [-0.15, -0.1) is 0 Å². The monoisotopic (exact) mass is 284 g/mol. The molecular formula is C16H17FN4. The number of imidazole rings is 1. The number of fused-ring (bicyclic) bond motifs is 1. The molecule has 0 aliphatic carbocycles. The second-order valence-electron chi connectivity index (χ2n) is 5.11. The minimum absolute atomic E-state index is 0.183. The van der Waals surface area contributed by atoms with Gasteiger partial charge in [-0.05, 0) is 36.2 Å². The fraction of sp³-hybridized carbons (Fsp3) is 0.188. The zero-order valence-electron chi connectivity index (χ0n) is 11.8. The summed E-state index contributed by atoms with van der Waals surface area (Å²) >= 11 is 0. The van der Waals surface area contributed by atoms with E-state index < -0.39 is 0 Å². The molecule has 5 heteroatoms. The Labute approximate surface area is 122 Å². The molecule has 0 radical (unpaired) electrons. The van der Waals surface area contributed by atoms with Crippen LogP contribution in [0, 0.1) is 12.7 Å². The first-order chi connectivity index (χ1) is 10.2. The van der Waals surface area contributed by atoms with Crippen molar-refractivity contribution in [3.8, 4) is 0 Å². The average Bonchev–Trinajstić information content (AvgIpc) is 2.91. The molecule has 3 rings (SSSR count). The summed E-state index contributed by atoms with van der Waals surface area (Å²) in [6, 6.07) is 12.9. The van der Waals surface area contributed by atoms with E-state index in [-0.39, 0.29) is 11.9 Å². The first-order valence-corrected chi connectivity index (χ1v) is 6.81. The average molecular weight is 284 g/mol. The minimum Gasteiger partial charge on any atom is -0.329 e. The van der Waals surface area contributed by atoms with Crippen LogP contribution in [0.25, 0.3) is 11.0 Å². The first kappa shape index (κ1) is 13.7. The van der Waals surface area contributed by atoms with E-state index in [1.54, 1.807) is 19.3 Å². The third-order valence-corrected chi connectivity index (χ3v) is 3.71. The van der Waals surface area contributed by atoms with Crippen molar-refractivity contribution in [2.45, 2.75) is 19.5 Å². The molecule has 0 bridgehead atoms. The van der Waals surface area contributed by atoms with Gasteiger partial charge in [-0.2, -0.15) is 0 Å². The zero-order valence-corrected chi connectivity index (χ0v) is 11.8. The van der Waals surface area contributed by atoms with Gasteiger partial charge >= 0.3 is 0 Å². The first-order valence-electron chi connectivity index (χ1n) is 6.81. The fourth-order valence-corrected chi connectivity index (χ4v) is 2.43. The lowest BCUT2D eigenvalue weighted by Crippen LogP contribution is -2.31. The molecule has 1 atom stereocenters. The summed E-state index contributed by atoms with van der Waals surface area (Å²) in [5.74, 6) is 5.43. The third-order valence-electron chi connectivity index (χ3n) is 3.71. The second kappa shape index (κ2) is 5.63. The van der Waals surface area contributed by atoms with E-state index in [0.717, 1.165) is 16.6 Å². The van der Waals surface area contributed by atoms with Gasteiger partial charge in [0.1, 0.15) is 5.82 Å². The van der Waals surface area contributed by atoms with Crippen molar-refractivity contribution >= 4 is 11.0 Å². The van der Waals surface area contributed by atoms with Crippen LogP contribution in [0.3, 0.4) is 0 Å². The Morgan fingerprint density at radius 3 is 2.86 bits per heavy atom. The predicted octanol–water partition coefficient (Wildman–Crippen LogP) is 2.69. The molecule has 1 heterocycles. The van der Waals surface area contributed by atoms with Crippen LogP contribution in [-0.2, 0) is 6.54 Å². The van der Waals surface area contributed by atoms with Crippen molar-refractivity contribution in [3.63, 3.8) is 0 Å². The number of hydrazine groups is 1. The quantitative estimate of drug-likeness (QED) is 0.572. The highest BCUT2D eigenvalue weighted by molar-refractivity contribution is 5.74. The molecule has 0 aliphatic heterocycles. The second-order valence-corrected chi connectivity index (χ2v) is 5.11. The van der Waals surface area contributed by atoms with E-state index in [9.17, 15) is 4.39 Å². The van der Waals surface area contributed by atoms with Gasteiger partial charge in [0.15, 0.2) is 0 Å². The number of aryl methyl sites for hydroxylation is 1. The summed E-state index contributed by atoms with van der Waals surface area (Å²) < 4.78 is 15.7. The number of hydrogen-bond donors (Lipinski definition) is 2. The van der Waals surface area contributed by atoms with Crippen LogP contribution in [0.4, 0.5) is 4.39 Å². The van der Waals surface area contributed by atoms with Crippen LogP contribution in [0.15, 0.2) is 48.8 Å².